The van der Waals surface area contributed by atoms with Crippen LogP contribution in [0.15, 0.2) is 42.7 Å². The van der Waals surface area contributed by atoms with Crippen LogP contribution < -0.4 is 5.32 Å². The van der Waals surface area contributed by atoms with Crippen LogP contribution in [0.25, 0.3) is 0 Å². The van der Waals surface area contributed by atoms with Crippen molar-refractivity contribution in [3.8, 4) is 0 Å². The summed E-state index contributed by atoms with van der Waals surface area (Å²) in [6.07, 6.45) is 8.50. The third kappa shape index (κ3) is 6.79. The van der Waals surface area contributed by atoms with E-state index in [0.29, 0.717) is 19.0 Å². The molecule has 1 saturated carbocycles. The van der Waals surface area contributed by atoms with Crippen LogP contribution >= 0.6 is 0 Å². The second-order valence-corrected chi connectivity index (χ2v) is 7.35. The number of aromatic nitrogens is 2. The molecular formula is C22H27FN4O3. The van der Waals surface area contributed by atoms with E-state index in [-0.39, 0.29) is 30.8 Å². The molecule has 30 heavy (non-hydrogen) atoms. The van der Waals surface area contributed by atoms with Crippen LogP contribution in [-0.2, 0) is 20.9 Å². The highest BCUT2D eigenvalue weighted by Crippen LogP contribution is 2.24. The molecule has 0 saturated heterocycles. The monoisotopic (exact) mass is 414 g/mol. The lowest BCUT2D eigenvalue weighted by Crippen LogP contribution is -2.43. The first-order valence-corrected chi connectivity index (χ1v) is 10.3. The first-order chi connectivity index (χ1) is 14.6. The molecule has 7 nitrogen and oxygen atoms in total. The zero-order valence-corrected chi connectivity index (χ0v) is 16.9. The number of nitrogens with one attached hydrogen (secondary N) is 1. The number of esters is 1. The Morgan fingerprint density at radius 3 is 2.50 bits per heavy atom. The fourth-order valence-electron chi connectivity index (χ4n) is 3.56. The Morgan fingerprint density at radius 2 is 1.80 bits per heavy atom. The molecule has 0 aliphatic heterocycles. The summed E-state index contributed by atoms with van der Waals surface area (Å²) in [4.78, 5) is 34.7. The van der Waals surface area contributed by atoms with E-state index < -0.39 is 5.97 Å². The molecule has 1 amide bonds. The summed E-state index contributed by atoms with van der Waals surface area (Å²) in [5, 5.41) is 2.93. The van der Waals surface area contributed by atoms with E-state index in [4.69, 9.17) is 4.74 Å². The van der Waals surface area contributed by atoms with Gasteiger partial charge in [-0.05, 0) is 36.6 Å². The van der Waals surface area contributed by atoms with Crippen LogP contribution in [0.2, 0.25) is 0 Å². The van der Waals surface area contributed by atoms with Gasteiger partial charge in [0, 0.05) is 31.5 Å². The van der Waals surface area contributed by atoms with Crippen molar-refractivity contribution in [1.29, 1.82) is 0 Å². The molecule has 0 unspecified atom stereocenters. The number of halogens is 1. The Hall–Kier alpha value is -3.03. The van der Waals surface area contributed by atoms with E-state index in [9.17, 15) is 14.0 Å². The topological polar surface area (TPSA) is 84.4 Å². The van der Waals surface area contributed by atoms with Crippen LogP contribution in [0, 0.1) is 5.82 Å². The Kier molecular flexibility index (Phi) is 8.11. The molecule has 1 aromatic carbocycles. The smallest absolute Gasteiger partial charge is 0.308 e. The molecule has 1 aliphatic rings. The molecule has 1 N–H and O–H groups in total. The van der Waals surface area contributed by atoms with Crippen LogP contribution in [0.4, 0.5) is 10.3 Å². The number of amides is 1. The number of nitrogens with zero attached hydrogens (tertiary/aromatic N) is 3. The van der Waals surface area contributed by atoms with E-state index in [1.165, 1.54) is 18.6 Å². The molecule has 8 heteroatoms. The number of carbonyl (C=O) groups excluding carboxylic acids is 2. The fourth-order valence-corrected chi connectivity index (χ4v) is 3.56. The van der Waals surface area contributed by atoms with Gasteiger partial charge in [-0.1, -0.05) is 31.4 Å². The summed E-state index contributed by atoms with van der Waals surface area (Å²) in [6, 6.07) is 7.97. The van der Waals surface area contributed by atoms with Gasteiger partial charge >= 0.3 is 5.97 Å². The predicted octanol–water partition coefficient (Wildman–Crippen LogP) is 3.32. The van der Waals surface area contributed by atoms with Gasteiger partial charge in [-0.2, -0.15) is 0 Å². The maximum absolute atomic E-state index is 13.2. The van der Waals surface area contributed by atoms with Gasteiger partial charge in [-0.15, -0.1) is 0 Å². The summed E-state index contributed by atoms with van der Waals surface area (Å²) in [7, 11) is 0. The molecule has 0 spiro atoms. The summed E-state index contributed by atoms with van der Waals surface area (Å²) in [5.41, 5.74) is 0.855. The molecule has 160 valence electrons. The third-order valence-corrected chi connectivity index (χ3v) is 5.14. The highest BCUT2D eigenvalue weighted by Gasteiger charge is 2.26. The van der Waals surface area contributed by atoms with Crippen LogP contribution in [0.3, 0.4) is 0 Å². The Morgan fingerprint density at radius 1 is 1.10 bits per heavy atom. The van der Waals surface area contributed by atoms with Gasteiger partial charge in [0.1, 0.15) is 5.82 Å². The lowest BCUT2D eigenvalue weighted by atomic mass is 9.93. The maximum Gasteiger partial charge on any atom is 0.308 e. The highest BCUT2D eigenvalue weighted by atomic mass is 19.1. The molecule has 2 aromatic rings. The van der Waals surface area contributed by atoms with Crippen LogP contribution in [-0.4, -0.2) is 45.9 Å². The molecule has 0 radical (unpaired) electrons. The predicted molar refractivity (Wildman–Crippen MR) is 110 cm³/mol. The van der Waals surface area contributed by atoms with Crippen molar-refractivity contribution in [1.82, 2.24) is 14.9 Å². The molecule has 1 aliphatic carbocycles. The standard InChI is InChI=1S/C22H27FN4O3/c23-18-9-7-17(8-10-18)15-27(19-5-2-1-3-6-19)20(28)16-30-21(29)11-14-26-22-24-12-4-13-25-22/h4,7-10,12-13,19H,1-3,5-6,11,14-16H2,(H,24,25,26). The zero-order chi connectivity index (χ0) is 21.2. The second kappa shape index (κ2) is 11.2. The Bertz CT molecular complexity index is 811. The van der Waals surface area contributed by atoms with Gasteiger partial charge in [0.25, 0.3) is 5.91 Å². The van der Waals surface area contributed by atoms with Gasteiger partial charge in [0.2, 0.25) is 5.95 Å². The first kappa shape index (κ1) is 21.7. The fraction of sp³-hybridized carbons (Fsp3) is 0.455. The van der Waals surface area contributed by atoms with E-state index in [1.54, 1.807) is 35.5 Å². The number of rotatable bonds is 9. The first-order valence-electron chi connectivity index (χ1n) is 10.3. The van der Waals surface area contributed by atoms with Crippen molar-refractivity contribution in [2.75, 3.05) is 18.5 Å². The number of hydrogen-bond acceptors (Lipinski definition) is 6. The SMILES string of the molecule is O=C(CCNc1ncccn1)OCC(=O)N(Cc1ccc(F)cc1)C1CCCCC1. The molecule has 1 aromatic heterocycles. The van der Waals surface area contributed by atoms with Gasteiger partial charge < -0.3 is 15.0 Å². The number of hydrogen-bond donors (Lipinski definition) is 1. The van der Waals surface area contributed by atoms with Crippen LogP contribution in [0.1, 0.15) is 44.1 Å². The number of anilines is 1. The summed E-state index contributed by atoms with van der Waals surface area (Å²) >= 11 is 0. The van der Waals surface area contributed by atoms with Gasteiger partial charge in [0.15, 0.2) is 6.61 Å². The van der Waals surface area contributed by atoms with Gasteiger partial charge in [0.05, 0.1) is 6.42 Å². The number of ether oxygens (including phenoxy) is 1. The average molecular weight is 414 g/mol. The molecule has 3 rings (SSSR count). The van der Waals surface area contributed by atoms with Crippen molar-refractivity contribution in [3.05, 3.63) is 54.1 Å². The third-order valence-electron chi connectivity index (χ3n) is 5.14. The normalized spacial score (nSPS) is 14.2. The second-order valence-electron chi connectivity index (χ2n) is 7.35. The van der Waals surface area contributed by atoms with Gasteiger partial charge in [-0.3, -0.25) is 9.59 Å². The maximum atomic E-state index is 13.2. The van der Waals surface area contributed by atoms with E-state index in [1.807, 2.05) is 0 Å². The largest absolute Gasteiger partial charge is 0.456 e. The molecule has 1 fully saturated rings. The van der Waals surface area contributed by atoms with E-state index >= 15 is 0 Å². The Labute approximate surface area is 175 Å². The van der Waals surface area contributed by atoms with E-state index in [0.717, 1.165) is 31.2 Å². The van der Waals surface area contributed by atoms with E-state index in [2.05, 4.69) is 15.3 Å². The lowest BCUT2D eigenvalue weighted by Gasteiger charge is -2.34. The minimum Gasteiger partial charge on any atom is -0.456 e. The van der Waals surface area contributed by atoms with Crippen molar-refractivity contribution in [2.45, 2.75) is 51.1 Å². The summed E-state index contributed by atoms with van der Waals surface area (Å²) in [6.45, 7) is 0.408. The number of benzene rings is 1. The zero-order valence-electron chi connectivity index (χ0n) is 16.9. The molecular weight excluding hydrogens is 387 g/mol. The molecule has 1 heterocycles. The highest BCUT2D eigenvalue weighted by molar-refractivity contribution is 5.81. The van der Waals surface area contributed by atoms with Crippen LogP contribution in [0.5, 0.6) is 0 Å². The minimum atomic E-state index is -0.461. The summed E-state index contributed by atoms with van der Waals surface area (Å²) < 4.78 is 18.4. The van der Waals surface area contributed by atoms with Crippen molar-refractivity contribution >= 4 is 17.8 Å². The minimum absolute atomic E-state index is 0.104. The Balaban J connectivity index is 1.50. The van der Waals surface area contributed by atoms with Crippen molar-refractivity contribution in [3.63, 3.8) is 0 Å². The molecule has 0 atom stereocenters. The van der Waals surface area contributed by atoms with Crippen molar-refractivity contribution in [2.24, 2.45) is 0 Å². The van der Waals surface area contributed by atoms with Gasteiger partial charge in [-0.25, -0.2) is 14.4 Å². The lowest BCUT2D eigenvalue weighted by molar-refractivity contribution is -0.153. The quantitative estimate of drug-likeness (QED) is 0.634. The number of carbonyl (C=O) groups is 2. The molecule has 0 bridgehead atoms. The average Bonchev–Trinajstić information content (AvgIpc) is 2.78. The summed E-state index contributed by atoms with van der Waals surface area (Å²) in [5.74, 6) is -0.557. The van der Waals surface area contributed by atoms with Crippen molar-refractivity contribution < 1.29 is 18.7 Å².